The van der Waals surface area contributed by atoms with Crippen LogP contribution in [0, 0.1) is 5.92 Å². The van der Waals surface area contributed by atoms with Crippen molar-refractivity contribution in [3.63, 3.8) is 0 Å². The van der Waals surface area contributed by atoms with Gasteiger partial charge in [-0.15, -0.1) is 11.8 Å². The van der Waals surface area contributed by atoms with E-state index in [0.29, 0.717) is 6.42 Å². The molecule has 6 heteroatoms. The van der Waals surface area contributed by atoms with Crippen molar-refractivity contribution in [1.82, 2.24) is 5.32 Å². The molecule has 0 saturated heterocycles. The fourth-order valence-electron chi connectivity index (χ4n) is 1.62. The number of carboxylic acids is 1. The number of carboxylic acid groups (broad SMARTS) is 1. The topological polar surface area (TPSA) is 86.6 Å². The van der Waals surface area contributed by atoms with E-state index in [2.05, 4.69) is 5.32 Å². The van der Waals surface area contributed by atoms with Crippen LogP contribution < -0.4 is 5.32 Å². The number of amides is 1. The number of benzene rings is 1. The molecule has 0 aliphatic heterocycles. The van der Waals surface area contributed by atoms with E-state index in [0.717, 1.165) is 4.90 Å². The highest BCUT2D eigenvalue weighted by molar-refractivity contribution is 8.00. The number of hydrogen-bond acceptors (Lipinski definition) is 4. The third-order valence-corrected chi connectivity index (χ3v) is 3.56. The highest BCUT2D eigenvalue weighted by Crippen LogP contribution is 2.20. The molecule has 0 saturated carbocycles. The summed E-state index contributed by atoms with van der Waals surface area (Å²) in [4.78, 5) is 23.6. The number of rotatable bonds is 7. The fourth-order valence-corrected chi connectivity index (χ4v) is 2.33. The SMILES string of the molecule is CC(C)C[C@@H](NC(=O)CSc1ccc(O)cc1)C(=O)O. The summed E-state index contributed by atoms with van der Waals surface area (Å²) >= 11 is 1.29. The molecule has 0 bridgehead atoms. The maximum absolute atomic E-state index is 11.7. The van der Waals surface area contributed by atoms with Crippen LogP contribution in [0.25, 0.3) is 0 Å². The van der Waals surface area contributed by atoms with Crippen LogP contribution >= 0.6 is 11.8 Å². The van der Waals surface area contributed by atoms with Crippen LogP contribution in [0.4, 0.5) is 0 Å². The van der Waals surface area contributed by atoms with Crippen molar-refractivity contribution in [2.45, 2.75) is 31.2 Å². The molecule has 1 amide bonds. The Morgan fingerprint density at radius 2 is 1.85 bits per heavy atom. The first-order chi connectivity index (χ1) is 9.38. The first kappa shape index (κ1) is 16.4. The van der Waals surface area contributed by atoms with E-state index in [1.54, 1.807) is 24.3 Å². The van der Waals surface area contributed by atoms with Crippen LogP contribution in [0.5, 0.6) is 5.75 Å². The van der Waals surface area contributed by atoms with Gasteiger partial charge in [0.2, 0.25) is 5.91 Å². The zero-order valence-electron chi connectivity index (χ0n) is 11.5. The summed E-state index contributed by atoms with van der Waals surface area (Å²) in [5, 5.41) is 20.7. The molecule has 110 valence electrons. The number of phenols is 1. The van der Waals surface area contributed by atoms with E-state index < -0.39 is 12.0 Å². The number of nitrogens with one attached hydrogen (secondary N) is 1. The lowest BCUT2D eigenvalue weighted by Crippen LogP contribution is -2.42. The molecule has 0 aromatic heterocycles. The van der Waals surface area contributed by atoms with Crippen LogP contribution in [0.1, 0.15) is 20.3 Å². The molecular weight excluding hydrogens is 278 g/mol. The van der Waals surface area contributed by atoms with Gasteiger partial charge in [0.1, 0.15) is 11.8 Å². The van der Waals surface area contributed by atoms with E-state index >= 15 is 0 Å². The molecule has 5 nitrogen and oxygen atoms in total. The summed E-state index contributed by atoms with van der Waals surface area (Å²) in [7, 11) is 0. The lowest BCUT2D eigenvalue weighted by atomic mass is 10.0. The molecule has 1 rings (SSSR count). The first-order valence-electron chi connectivity index (χ1n) is 6.32. The Kier molecular flexibility index (Phi) is 6.38. The van der Waals surface area contributed by atoms with Crippen LogP contribution in [-0.4, -0.2) is 33.9 Å². The standard InChI is InChI=1S/C14H19NO4S/c1-9(2)7-12(14(18)19)15-13(17)8-20-11-5-3-10(16)4-6-11/h3-6,9,12,16H,7-8H2,1-2H3,(H,15,17)(H,18,19)/t12-/m1/s1. The predicted octanol–water partition coefficient (Wildman–Crippen LogP) is 2.10. The van der Waals surface area contributed by atoms with Gasteiger partial charge in [0.05, 0.1) is 5.75 Å². The Morgan fingerprint density at radius 3 is 2.35 bits per heavy atom. The smallest absolute Gasteiger partial charge is 0.326 e. The molecule has 0 heterocycles. The predicted molar refractivity (Wildman–Crippen MR) is 77.9 cm³/mol. The number of hydrogen-bond donors (Lipinski definition) is 3. The number of aromatic hydroxyl groups is 1. The Bertz CT molecular complexity index is 459. The number of thioether (sulfide) groups is 1. The van der Waals surface area contributed by atoms with Crippen LogP contribution in [0.3, 0.4) is 0 Å². The fraction of sp³-hybridized carbons (Fsp3) is 0.429. The molecular formula is C14H19NO4S. The first-order valence-corrected chi connectivity index (χ1v) is 7.31. The van der Waals surface area contributed by atoms with Gasteiger partial charge in [-0.3, -0.25) is 4.79 Å². The number of aliphatic carboxylic acids is 1. The molecule has 1 aromatic carbocycles. The third kappa shape index (κ3) is 5.97. The number of carbonyl (C=O) groups is 2. The minimum atomic E-state index is -1.01. The van der Waals surface area contributed by atoms with Gasteiger partial charge in [-0.25, -0.2) is 4.79 Å². The third-order valence-electron chi connectivity index (χ3n) is 2.55. The summed E-state index contributed by atoms with van der Waals surface area (Å²) < 4.78 is 0. The minimum absolute atomic E-state index is 0.145. The Balaban J connectivity index is 2.45. The Morgan fingerprint density at radius 1 is 1.25 bits per heavy atom. The van der Waals surface area contributed by atoms with Gasteiger partial charge in [-0.1, -0.05) is 13.8 Å². The van der Waals surface area contributed by atoms with E-state index in [9.17, 15) is 9.59 Å². The second kappa shape index (κ2) is 7.79. The van der Waals surface area contributed by atoms with Crippen LogP contribution in [0.2, 0.25) is 0 Å². The van der Waals surface area contributed by atoms with Crippen LogP contribution in [0.15, 0.2) is 29.2 Å². The van der Waals surface area contributed by atoms with E-state index in [-0.39, 0.29) is 23.3 Å². The van der Waals surface area contributed by atoms with Gasteiger partial charge in [0.25, 0.3) is 0 Å². The normalized spacial score (nSPS) is 12.2. The monoisotopic (exact) mass is 297 g/mol. The highest BCUT2D eigenvalue weighted by Gasteiger charge is 2.20. The van der Waals surface area contributed by atoms with E-state index in [4.69, 9.17) is 10.2 Å². The lowest BCUT2D eigenvalue weighted by Gasteiger charge is -2.16. The molecule has 0 radical (unpaired) electrons. The van der Waals surface area contributed by atoms with Gasteiger partial charge in [-0.05, 0) is 36.6 Å². The van der Waals surface area contributed by atoms with Crippen molar-refractivity contribution in [3.05, 3.63) is 24.3 Å². The van der Waals surface area contributed by atoms with Crippen molar-refractivity contribution in [1.29, 1.82) is 0 Å². The molecule has 1 atom stereocenters. The second-order valence-corrected chi connectivity index (χ2v) is 5.92. The van der Waals surface area contributed by atoms with Crippen molar-refractivity contribution in [2.24, 2.45) is 5.92 Å². The summed E-state index contributed by atoms with van der Waals surface area (Å²) in [5.74, 6) is -0.812. The molecule has 20 heavy (non-hydrogen) atoms. The summed E-state index contributed by atoms with van der Waals surface area (Å²) in [5.41, 5.74) is 0. The highest BCUT2D eigenvalue weighted by atomic mass is 32.2. The van der Waals surface area contributed by atoms with Crippen LogP contribution in [-0.2, 0) is 9.59 Å². The molecule has 0 spiro atoms. The number of phenolic OH excluding ortho intramolecular Hbond substituents is 1. The van der Waals surface area contributed by atoms with Gasteiger partial charge in [0.15, 0.2) is 0 Å². The number of carbonyl (C=O) groups excluding carboxylic acids is 1. The average molecular weight is 297 g/mol. The van der Waals surface area contributed by atoms with Gasteiger partial charge in [-0.2, -0.15) is 0 Å². The molecule has 1 aromatic rings. The van der Waals surface area contributed by atoms with Crippen molar-refractivity contribution in [2.75, 3.05) is 5.75 Å². The zero-order chi connectivity index (χ0) is 15.1. The lowest BCUT2D eigenvalue weighted by molar-refractivity contribution is -0.141. The Labute approximate surface area is 122 Å². The maximum atomic E-state index is 11.7. The van der Waals surface area contributed by atoms with Crippen molar-refractivity contribution in [3.8, 4) is 5.75 Å². The van der Waals surface area contributed by atoms with E-state index in [1.807, 2.05) is 13.8 Å². The largest absolute Gasteiger partial charge is 0.508 e. The summed E-state index contributed by atoms with van der Waals surface area (Å²) in [6.07, 6.45) is 0.408. The maximum Gasteiger partial charge on any atom is 0.326 e. The molecule has 0 aliphatic rings. The summed E-state index contributed by atoms with van der Waals surface area (Å²) in [6, 6.07) is 5.65. The van der Waals surface area contributed by atoms with Gasteiger partial charge >= 0.3 is 5.97 Å². The molecule has 0 unspecified atom stereocenters. The molecule has 0 fully saturated rings. The summed E-state index contributed by atoms with van der Waals surface area (Å²) in [6.45, 7) is 3.82. The average Bonchev–Trinajstić information content (AvgIpc) is 2.36. The molecule has 0 aliphatic carbocycles. The zero-order valence-corrected chi connectivity index (χ0v) is 12.3. The second-order valence-electron chi connectivity index (χ2n) is 4.87. The minimum Gasteiger partial charge on any atom is -0.508 e. The van der Waals surface area contributed by atoms with Gasteiger partial charge < -0.3 is 15.5 Å². The quantitative estimate of drug-likeness (QED) is 0.671. The Hall–Kier alpha value is -1.69. The van der Waals surface area contributed by atoms with Crippen molar-refractivity contribution >= 4 is 23.6 Å². The van der Waals surface area contributed by atoms with Gasteiger partial charge in [0, 0.05) is 4.90 Å². The van der Waals surface area contributed by atoms with E-state index in [1.165, 1.54) is 11.8 Å². The molecule has 3 N–H and O–H groups in total. The van der Waals surface area contributed by atoms with Crippen molar-refractivity contribution < 1.29 is 19.8 Å².